The molecule has 2 saturated heterocycles. The highest BCUT2D eigenvalue weighted by Crippen LogP contribution is 2.30. The van der Waals surface area contributed by atoms with Crippen LogP contribution in [0, 0.1) is 0 Å². The Hall–Kier alpha value is -2.52. The number of pyridine rings is 1. The zero-order valence-corrected chi connectivity index (χ0v) is 17.6. The van der Waals surface area contributed by atoms with Crippen molar-refractivity contribution in [3.63, 3.8) is 0 Å². The van der Waals surface area contributed by atoms with Crippen molar-refractivity contribution in [3.05, 3.63) is 18.0 Å². The Labute approximate surface area is 176 Å². The Morgan fingerprint density at radius 2 is 1.97 bits per heavy atom. The highest BCUT2D eigenvalue weighted by Gasteiger charge is 2.28. The van der Waals surface area contributed by atoms with Crippen molar-refractivity contribution in [1.82, 2.24) is 34.6 Å². The number of nitrogens with two attached hydrogens (primary N) is 1. The molecule has 5 heterocycles. The summed E-state index contributed by atoms with van der Waals surface area (Å²) < 4.78 is 6.96. The second kappa shape index (κ2) is 8.31. The smallest absolute Gasteiger partial charge is 0.199 e. The lowest BCUT2D eigenvalue weighted by molar-refractivity contribution is 0.149. The van der Waals surface area contributed by atoms with Crippen molar-refractivity contribution < 1.29 is 4.63 Å². The molecule has 3 aromatic rings. The molecular weight excluding hydrogens is 380 g/mol. The van der Waals surface area contributed by atoms with Crippen molar-refractivity contribution in [2.75, 3.05) is 31.9 Å². The summed E-state index contributed by atoms with van der Waals surface area (Å²) >= 11 is 0. The fourth-order valence-corrected chi connectivity index (χ4v) is 5.08. The molecule has 160 valence electrons. The fourth-order valence-electron chi connectivity index (χ4n) is 5.08. The number of hydrogen-bond donors (Lipinski definition) is 1. The molecule has 5 rings (SSSR count). The summed E-state index contributed by atoms with van der Waals surface area (Å²) in [5, 5.41) is 7.69. The van der Waals surface area contributed by atoms with Crippen LogP contribution in [0.25, 0.3) is 22.6 Å². The molecule has 2 N–H and O–H groups in total. The molecule has 0 radical (unpaired) electrons. The molecule has 30 heavy (non-hydrogen) atoms. The molecule has 9 nitrogen and oxygen atoms in total. The summed E-state index contributed by atoms with van der Waals surface area (Å²) in [5.74, 6) is 0.947. The molecule has 0 amide bonds. The number of nitrogen functional groups attached to an aromatic ring is 1. The van der Waals surface area contributed by atoms with Crippen LogP contribution >= 0.6 is 0 Å². The van der Waals surface area contributed by atoms with E-state index in [9.17, 15) is 0 Å². The largest absolute Gasteiger partial charge is 0.379 e. The van der Waals surface area contributed by atoms with Crippen LogP contribution in [0.5, 0.6) is 0 Å². The third-order valence-electron chi connectivity index (χ3n) is 6.56. The number of aryl methyl sites for hydroxylation is 1. The molecule has 9 heteroatoms. The number of piperidine rings is 1. The molecule has 0 unspecified atom stereocenters. The molecule has 0 saturated carbocycles. The molecule has 0 spiro atoms. The molecule has 2 fully saturated rings. The van der Waals surface area contributed by atoms with Gasteiger partial charge in [0, 0.05) is 37.4 Å². The first-order chi connectivity index (χ1) is 14.7. The van der Waals surface area contributed by atoms with Crippen LogP contribution in [0.3, 0.4) is 0 Å². The Morgan fingerprint density at radius 1 is 1.10 bits per heavy atom. The van der Waals surface area contributed by atoms with Crippen LogP contribution in [-0.2, 0) is 13.1 Å². The minimum absolute atomic E-state index is 0.260. The maximum absolute atomic E-state index is 5.95. The number of imidazole rings is 1. The van der Waals surface area contributed by atoms with Crippen molar-refractivity contribution in [1.29, 1.82) is 0 Å². The van der Waals surface area contributed by atoms with Gasteiger partial charge in [-0.3, -0.25) is 9.88 Å². The Balaban J connectivity index is 1.44. The first-order valence-electron chi connectivity index (χ1n) is 11.1. The zero-order chi connectivity index (χ0) is 20.5. The number of likely N-dealkylation sites (tertiary alicyclic amines) is 2. The summed E-state index contributed by atoms with van der Waals surface area (Å²) in [6.07, 6.45) is 10.4. The van der Waals surface area contributed by atoms with Gasteiger partial charge in [-0.05, 0) is 62.6 Å². The second-order valence-electron chi connectivity index (χ2n) is 8.47. The first kappa shape index (κ1) is 19.4. The average molecular weight is 411 g/mol. The summed E-state index contributed by atoms with van der Waals surface area (Å²) in [5.41, 5.74) is 9.60. The van der Waals surface area contributed by atoms with Crippen LogP contribution in [0.1, 0.15) is 44.6 Å². The van der Waals surface area contributed by atoms with E-state index in [1.807, 2.05) is 12.4 Å². The molecule has 0 aliphatic carbocycles. The topological polar surface area (TPSA) is 102 Å². The van der Waals surface area contributed by atoms with Crippen LogP contribution in [0.15, 0.2) is 17.0 Å². The third-order valence-corrected chi connectivity index (χ3v) is 6.56. The highest BCUT2D eigenvalue weighted by molar-refractivity contribution is 5.83. The molecular formula is C21H30N8O. The summed E-state index contributed by atoms with van der Waals surface area (Å²) in [6.45, 7) is 8.58. The van der Waals surface area contributed by atoms with E-state index in [1.54, 1.807) is 0 Å². The molecule has 2 aliphatic rings. The Bertz CT molecular complexity index is 1010. The number of hydrogen-bond acceptors (Lipinski definition) is 8. The monoisotopic (exact) mass is 410 g/mol. The molecule has 2 aliphatic heterocycles. The number of anilines is 1. The lowest BCUT2D eigenvalue weighted by Gasteiger charge is -2.33. The Kier molecular flexibility index (Phi) is 5.39. The van der Waals surface area contributed by atoms with E-state index in [1.165, 1.54) is 57.3 Å². The van der Waals surface area contributed by atoms with Crippen LogP contribution in [0.2, 0.25) is 0 Å². The normalized spacial score (nSPS) is 21.0. The van der Waals surface area contributed by atoms with Gasteiger partial charge in [-0.1, -0.05) is 6.42 Å². The van der Waals surface area contributed by atoms with Gasteiger partial charge in [-0.15, -0.1) is 0 Å². The van der Waals surface area contributed by atoms with E-state index in [4.69, 9.17) is 15.3 Å². The van der Waals surface area contributed by atoms with E-state index < -0.39 is 0 Å². The average Bonchev–Trinajstić information content (AvgIpc) is 3.47. The SMILES string of the molecule is CCn1c(-c2nonc2N)nc2cncc(CN3CCC[C@H]3CN3CCCCC3)c21. The fraction of sp³-hybridized carbons (Fsp3) is 0.619. The minimum Gasteiger partial charge on any atom is -0.379 e. The number of fused-ring (bicyclic) bond motifs is 1. The van der Waals surface area contributed by atoms with Gasteiger partial charge < -0.3 is 15.2 Å². The van der Waals surface area contributed by atoms with Crippen LogP contribution in [0.4, 0.5) is 5.82 Å². The summed E-state index contributed by atoms with van der Waals surface area (Å²) in [6, 6.07) is 0.617. The van der Waals surface area contributed by atoms with Gasteiger partial charge in [0.05, 0.1) is 11.7 Å². The van der Waals surface area contributed by atoms with E-state index in [0.29, 0.717) is 17.6 Å². The second-order valence-corrected chi connectivity index (χ2v) is 8.47. The quantitative estimate of drug-likeness (QED) is 0.661. The molecule has 0 bridgehead atoms. The highest BCUT2D eigenvalue weighted by atomic mass is 16.6. The van der Waals surface area contributed by atoms with Crippen LogP contribution < -0.4 is 5.73 Å². The lowest BCUT2D eigenvalue weighted by atomic mass is 10.1. The zero-order valence-electron chi connectivity index (χ0n) is 17.6. The van der Waals surface area contributed by atoms with Gasteiger partial charge in [0.2, 0.25) is 0 Å². The minimum atomic E-state index is 0.260. The van der Waals surface area contributed by atoms with Crippen molar-refractivity contribution in [2.24, 2.45) is 0 Å². The van der Waals surface area contributed by atoms with Gasteiger partial charge in [-0.25, -0.2) is 9.61 Å². The van der Waals surface area contributed by atoms with Gasteiger partial charge in [-0.2, -0.15) is 0 Å². The summed E-state index contributed by atoms with van der Waals surface area (Å²) in [7, 11) is 0. The van der Waals surface area contributed by atoms with E-state index in [0.717, 1.165) is 30.7 Å². The molecule has 1 atom stereocenters. The van der Waals surface area contributed by atoms with Gasteiger partial charge in [0.1, 0.15) is 5.52 Å². The maximum Gasteiger partial charge on any atom is 0.199 e. The van der Waals surface area contributed by atoms with Gasteiger partial charge in [0.25, 0.3) is 0 Å². The van der Waals surface area contributed by atoms with Crippen molar-refractivity contribution in [3.8, 4) is 11.5 Å². The van der Waals surface area contributed by atoms with Crippen molar-refractivity contribution >= 4 is 16.9 Å². The van der Waals surface area contributed by atoms with Gasteiger partial charge >= 0.3 is 0 Å². The van der Waals surface area contributed by atoms with E-state index >= 15 is 0 Å². The maximum atomic E-state index is 5.95. The molecule has 3 aromatic heterocycles. The number of rotatable bonds is 6. The van der Waals surface area contributed by atoms with Gasteiger partial charge in [0.15, 0.2) is 17.3 Å². The van der Waals surface area contributed by atoms with E-state index in [-0.39, 0.29) is 5.82 Å². The van der Waals surface area contributed by atoms with E-state index in [2.05, 4.69) is 36.6 Å². The Morgan fingerprint density at radius 3 is 2.73 bits per heavy atom. The molecule has 0 aromatic carbocycles. The predicted octanol–water partition coefficient (Wildman–Crippen LogP) is 2.53. The van der Waals surface area contributed by atoms with Crippen molar-refractivity contribution in [2.45, 2.75) is 58.2 Å². The first-order valence-corrected chi connectivity index (χ1v) is 11.1. The van der Waals surface area contributed by atoms with Crippen LogP contribution in [-0.4, -0.2) is 66.9 Å². The number of aromatic nitrogens is 5. The number of nitrogens with zero attached hydrogens (tertiary/aromatic N) is 7. The third kappa shape index (κ3) is 3.56. The predicted molar refractivity (Wildman–Crippen MR) is 115 cm³/mol. The lowest BCUT2D eigenvalue weighted by Crippen LogP contribution is -2.42. The summed E-state index contributed by atoms with van der Waals surface area (Å²) in [4.78, 5) is 14.5. The standard InChI is InChI=1S/C21H30N8O/c1-2-29-19-15(11-23-12-17(19)24-21(29)18-20(22)26-30-25-18)13-28-10-6-7-16(28)14-27-8-4-3-5-9-27/h11-12,16H,2-10,13-14H2,1H3,(H2,22,26)/t16-/m0/s1.